The third kappa shape index (κ3) is 3.93. The molecule has 0 radical (unpaired) electrons. The fraction of sp³-hybridized carbons (Fsp3) is 0.500. The summed E-state index contributed by atoms with van der Waals surface area (Å²) in [5, 5.41) is 8.43. The number of fused-ring (bicyclic) bond motifs is 1. The van der Waals surface area contributed by atoms with Crippen molar-refractivity contribution in [3.8, 4) is 5.75 Å². The molecule has 0 spiro atoms. The van der Waals surface area contributed by atoms with Crippen molar-refractivity contribution in [2.45, 2.75) is 37.8 Å². The standard InChI is InChI=1S/C18H20BrN3O5S/c19-11-1-3-16-13(9-11)14(5-7-27-16)20-18(24)15-2-4-17(23)22(21-15)12-6-8-28(25,26)10-12/h1,3,9,12,14H,2,4-8,10H2,(H,20,24). The van der Waals surface area contributed by atoms with Gasteiger partial charge in [0.15, 0.2) is 9.84 Å². The third-order valence-corrected chi connectivity index (χ3v) is 7.44. The van der Waals surface area contributed by atoms with Gasteiger partial charge in [0.25, 0.3) is 5.91 Å². The molecule has 1 fully saturated rings. The van der Waals surface area contributed by atoms with Crippen LogP contribution in [0, 0.1) is 0 Å². The number of nitrogens with zero attached hydrogens (tertiary/aromatic N) is 2. The van der Waals surface area contributed by atoms with Gasteiger partial charge < -0.3 is 10.1 Å². The van der Waals surface area contributed by atoms with E-state index in [0.29, 0.717) is 19.4 Å². The Hall–Kier alpha value is -1.94. The van der Waals surface area contributed by atoms with Crippen molar-refractivity contribution in [1.82, 2.24) is 10.3 Å². The van der Waals surface area contributed by atoms with E-state index in [9.17, 15) is 18.0 Å². The number of hydrogen-bond acceptors (Lipinski definition) is 6. The van der Waals surface area contributed by atoms with Crippen LogP contribution in [0.1, 0.15) is 37.3 Å². The molecule has 1 aromatic carbocycles. The van der Waals surface area contributed by atoms with Crippen LogP contribution in [0.25, 0.3) is 0 Å². The monoisotopic (exact) mass is 469 g/mol. The molecule has 0 bridgehead atoms. The summed E-state index contributed by atoms with van der Waals surface area (Å²) in [6.45, 7) is 0.497. The van der Waals surface area contributed by atoms with Crippen LogP contribution in [0.15, 0.2) is 27.8 Å². The number of rotatable bonds is 3. The summed E-state index contributed by atoms with van der Waals surface area (Å²) in [4.78, 5) is 25.0. The van der Waals surface area contributed by atoms with Crippen molar-refractivity contribution < 1.29 is 22.7 Å². The van der Waals surface area contributed by atoms with Crippen LogP contribution in [0.3, 0.4) is 0 Å². The first-order chi connectivity index (χ1) is 13.3. The zero-order valence-electron chi connectivity index (χ0n) is 15.1. The number of hydrogen-bond donors (Lipinski definition) is 1. The van der Waals surface area contributed by atoms with Crippen LogP contribution < -0.4 is 10.1 Å². The van der Waals surface area contributed by atoms with Crippen LogP contribution >= 0.6 is 15.9 Å². The predicted octanol–water partition coefficient (Wildman–Crippen LogP) is 1.55. The minimum Gasteiger partial charge on any atom is -0.493 e. The Morgan fingerprint density at radius 1 is 1.29 bits per heavy atom. The van der Waals surface area contributed by atoms with E-state index in [2.05, 4.69) is 26.3 Å². The lowest BCUT2D eigenvalue weighted by atomic mass is 10.00. The molecule has 8 nitrogen and oxygen atoms in total. The van der Waals surface area contributed by atoms with Gasteiger partial charge in [-0.25, -0.2) is 13.4 Å². The lowest BCUT2D eigenvalue weighted by Gasteiger charge is -2.30. The van der Waals surface area contributed by atoms with Gasteiger partial charge in [0.1, 0.15) is 11.5 Å². The SMILES string of the molecule is O=C(NC1CCOc2ccc(Br)cc21)C1=NN(C2CCS(=O)(=O)C2)C(=O)CC1. The minimum absolute atomic E-state index is 0.0478. The van der Waals surface area contributed by atoms with Gasteiger partial charge in [0.05, 0.1) is 30.2 Å². The number of nitrogens with one attached hydrogen (secondary N) is 1. The smallest absolute Gasteiger partial charge is 0.267 e. The highest BCUT2D eigenvalue weighted by Crippen LogP contribution is 2.34. The normalized spacial score (nSPS) is 26.2. The molecule has 3 heterocycles. The van der Waals surface area contributed by atoms with E-state index in [4.69, 9.17) is 4.74 Å². The molecular formula is C18H20BrN3O5S. The highest BCUT2D eigenvalue weighted by molar-refractivity contribution is 9.10. The average Bonchev–Trinajstić information content (AvgIpc) is 3.02. The molecule has 3 aliphatic heterocycles. The van der Waals surface area contributed by atoms with Crippen LogP contribution in [0.4, 0.5) is 0 Å². The quantitative estimate of drug-likeness (QED) is 0.722. The summed E-state index contributed by atoms with van der Waals surface area (Å²) in [5.74, 6) is 0.110. The summed E-state index contributed by atoms with van der Waals surface area (Å²) in [6.07, 6.45) is 1.38. The summed E-state index contributed by atoms with van der Waals surface area (Å²) >= 11 is 3.44. The molecule has 1 saturated heterocycles. The zero-order valence-corrected chi connectivity index (χ0v) is 17.5. The Labute approximate surface area is 171 Å². The molecule has 0 saturated carbocycles. The maximum Gasteiger partial charge on any atom is 0.267 e. The average molecular weight is 470 g/mol. The molecule has 0 aromatic heterocycles. The Kier molecular flexibility index (Phi) is 5.17. The Balaban J connectivity index is 1.52. The van der Waals surface area contributed by atoms with Gasteiger partial charge in [-0.3, -0.25) is 9.59 Å². The molecule has 3 aliphatic rings. The van der Waals surface area contributed by atoms with Crippen LogP contribution in [0.5, 0.6) is 5.75 Å². The Morgan fingerprint density at radius 3 is 2.86 bits per heavy atom. The zero-order chi connectivity index (χ0) is 19.9. The lowest BCUT2D eigenvalue weighted by molar-refractivity contribution is -0.133. The number of sulfone groups is 1. The molecule has 2 unspecified atom stereocenters. The summed E-state index contributed by atoms with van der Waals surface area (Å²) < 4.78 is 30.0. The first kappa shape index (κ1) is 19.4. The molecule has 4 rings (SSSR count). The van der Waals surface area contributed by atoms with E-state index in [1.807, 2.05) is 18.2 Å². The van der Waals surface area contributed by atoms with E-state index in [1.54, 1.807) is 0 Å². The highest BCUT2D eigenvalue weighted by Gasteiger charge is 2.37. The maximum atomic E-state index is 12.8. The van der Waals surface area contributed by atoms with E-state index in [-0.39, 0.29) is 47.9 Å². The topological polar surface area (TPSA) is 105 Å². The second kappa shape index (κ2) is 7.47. The summed E-state index contributed by atoms with van der Waals surface area (Å²) in [6, 6.07) is 4.96. The number of amides is 2. The van der Waals surface area contributed by atoms with E-state index in [0.717, 1.165) is 15.8 Å². The van der Waals surface area contributed by atoms with Crippen molar-refractivity contribution in [2.75, 3.05) is 18.1 Å². The van der Waals surface area contributed by atoms with Crippen molar-refractivity contribution >= 4 is 43.3 Å². The molecule has 150 valence electrons. The number of hydrazone groups is 1. The van der Waals surface area contributed by atoms with Gasteiger partial charge in [0.2, 0.25) is 5.91 Å². The van der Waals surface area contributed by atoms with Crippen molar-refractivity contribution in [2.24, 2.45) is 5.10 Å². The van der Waals surface area contributed by atoms with Gasteiger partial charge >= 0.3 is 0 Å². The molecule has 2 amide bonds. The fourth-order valence-corrected chi connectivity index (χ4v) is 5.82. The fourth-order valence-electron chi connectivity index (χ4n) is 3.74. The minimum atomic E-state index is -3.15. The van der Waals surface area contributed by atoms with Gasteiger partial charge in [-0.05, 0) is 24.6 Å². The first-order valence-electron chi connectivity index (χ1n) is 9.15. The molecule has 0 aliphatic carbocycles. The number of carbonyl (C=O) groups is 2. The molecular weight excluding hydrogens is 450 g/mol. The number of carbonyl (C=O) groups excluding carboxylic acids is 2. The summed E-state index contributed by atoms with van der Waals surface area (Å²) in [7, 11) is -3.15. The van der Waals surface area contributed by atoms with Crippen LogP contribution in [-0.2, 0) is 19.4 Å². The van der Waals surface area contributed by atoms with Crippen molar-refractivity contribution in [1.29, 1.82) is 0 Å². The van der Waals surface area contributed by atoms with Crippen LogP contribution in [0.2, 0.25) is 0 Å². The van der Waals surface area contributed by atoms with E-state index >= 15 is 0 Å². The van der Waals surface area contributed by atoms with Gasteiger partial charge in [-0.15, -0.1) is 0 Å². The largest absolute Gasteiger partial charge is 0.493 e. The lowest BCUT2D eigenvalue weighted by Crippen LogP contribution is -2.44. The second-order valence-electron chi connectivity index (χ2n) is 7.19. The second-order valence-corrected chi connectivity index (χ2v) is 10.3. The molecule has 1 aromatic rings. The van der Waals surface area contributed by atoms with Gasteiger partial charge in [-0.1, -0.05) is 15.9 Å². The molecule has 28 heavy (non-hydrogen) atoms. The van der Waals surface area contributed by atoms with Gasteiger partial charge in [-0.2, -0.15) is 5.10 Å². The predicted molar refractivity (Wildman–Crippen MR) is 106 cm³/mol. The van der Waals surface area contributed by atoms with Crippen LogP contribution in [-0.4, -0.2) is 55.1 Å². The molecule has 10 heteroatoms. The van der Waals surface area contributed by atoms with E-state index in [1.165, 1.54) is 5.01 Å². The van der Waals surface area contributed by atoms with Crippen molar-refractivity contribution in [3.63, 3.8) is 0 Å². The Bertz CT molecular complexity index is 962. The van der Waals surface area contributed by atoms with Gasteiger partial charge in [0, 0.05) is 29.3 Å². The number of halogens is 1. The number of ether oxygens (including phenoxy) is 1. The van der Waals surface area contributed by atoms with Crippen molar-refractivity contribution in [3.05, 3.63) is 28.2 Å². The first-order valence-corrected chi connectivity index (χ1v) is 11.8. The highest BCUT2D eigenvalue weighted by atomic mass is 79.9. The third-order valence-electron chi connectivity index (χ3n) is 5.19. The molecule has 1 N–H and O–H groups in total. The number of benzene rings is 1. The summed E-state index contributed by atoms with van der Waals surface area (Å²) in [5.41, 5.74) is 1.15. The van der Waals surface area contributed by atoms with E-state index < -0.39 is 15.9 Å². The molecule has 2 atom stereocenters. The maximum absolute atomic E-state index is 12.8. The Morgan fingerprint density at radius 2 is 2.11 bits per heavy atom.